The molecule has 0 radical (unpaired) electrons. The van der Waals surface area contributed by atoms with E-state index in [-0.39, 0.29) is 12.3 Å². The number of benzene rings is 2. The van der Waals surface area contributed by atoms with Gasteiger partial charge in [-0.05, 0) is 35.9 Å². The van der Waals surface area contributed by atoms with Crippen molar-refractivity contribution in [3.63, 3.8) is 0 Å². The van der Waals surface area contributed by atoms with Crippen LogP contribution in [0.4, 0.5) is 14.5 Å². The number of carbonyl (C=O) groups excluding carboxylic acids is 1. The molecule has 6 heteroatoms. The molecule has 0 aliphatic rings. The smallest absolute Gasteiger partial charge is 0.228 e. The number of carbonyl (C=O) groups is 1. The molecule has 0 aliphatic heterocycles. The summed E-state index contributed by atoms with van der Waals surface area (Å²) in [5.74, 6) is -2.28. The van der Waals surface area contributed by atoms with Crippen LogP contribution in [-0.2, 0) is 11.2 Å². The summed E-state index contributed by atoms with van der Waals surface area (Å²) in [4.78, 5) is 11.8. The molecule has 1 amide bonds. The largest absolute Gasteiger partial charge is 0.324 e. The molecule has 2 rings (SSSR count). The predicted molar refractivity (Wildman–Crippen MR) is 77.8 cm³/mol. The van der Waals surface area contributed by atoms with Crippen LogP contribution in [0.5, 0.6) is 0 Å². The average Bonchev–Trinajstić information content (AvgIpc) is 2.38. The van der Waals surface area contributed by atoms with Crippen LogP contribution in [0, 0.1) is 11.6 Å². The number of nitrogens with one attached hydrogen (secondary N) is 1. The van der Waals surface area contributed by atoms with Crippen LogP contribution in [0.2, 0.25) is 5.02 Å². The van der Waals surface area contributed by atoms with Crippen LogP contribution in [0.15, 0.2) is 40.9 Å². The van der Waals surface area contributed by atoms with E-state index in [4.69, 9.17) is 11.6 Å². The first-order chi connectivity index (χ1) is 9.45. The number of hydrogen-bond donors (Lipinski definition) is 1. The number of hydrogen-bond acceptors (Lipinski definition) is 1. The fourth-order valence-electron chi connectivity index (χ4n) is 1.62. The van der Waals surface area contributed by atoms with E-state index < -0.39 is 11.6 Å². The highest BCUT2D eigenvalue weighted by Gasteiger charge is 2.09. The number of halogens is 4. The SMILES string of the molecule is O=C(Cc1ccc(F)c(F)c1)Nc1cc(Br)ccc1Cl. The van der Waals surface area contributed by atoms with Crippen molar-refractivity contribution in [3.8, 4) is 0 Å². The predicted octanol–water partition coefficient (Wildman–Crippen LogP) is 4.56. The zero-order valence-corrected chi connectivity index (χ0v) is 12.4. The van der Waals surface area contributed by atoms with Crippen molar-refractivity contribution in [2.24, 2.45) is 0 Å². The fraction of sp³-hybridized carbons (Fsp3) is 0.0714. The van der Waals surface area contributed by atoms with E-state index in [1.807, 2.05) is 0 Å². The van der Waals surface area contributed by atoms with Crippen molar-refractivity contribution in [1.29, 1.82) is 0 Å². The Kier molecular flexibility index (Phi) is 4.73. The van der Waals surface area contributed by atoms with Crippen LogP contribution in [-0.4, -0.2) is 5.91 Å². The van der Waals surface area contributed by atoms with Crippen molar-refractivity contribution in [1.82, 2.24) is 0 Å². The summed E-state index contributed by atoms with van der Waals surface area (Å²) in [6, 6.07) is 8.39. The Hall–Kier alpha value is -1.46. The van der Waals surface area contributed by atoms with E-state index in [0.717, 1.165) is 16.6 Å². The summed E-state index contributed by atoms with van der Waals surface area (Å²) in [6.07, 6.45) is -0.0694. The molecule has 0 fully saturated rings. The van der Waals surface area contributed by atoms with Gasteiger partial charge in [-0.2, -0.15) is 0 Å². The molecule has 0 aliphatic carbocycles. The molecular weight excluding hydrogens is 352 g/mol. The maximum Gasteiger partial charge on any atom is 0.228 e. The average molecular weight is 361 g/mol. The molecule has 104 valence electrons. The molecule has 0 spiro atoms. The van der Waals surface area contributed by atoms with E-state index in [1.165, 1.54) is 6.07 Å². The quantitative estimate of drug-likeness (QED) is 0.854. The molecule has 1 N–H and O–H groups in total. The minimum atomic E-state index is -0.976. The van der Waals surface area contributed by atoms with Crippen molar-refractivity contribution in [2.75, 3.05) is 5.32 Å². The molecule has 0 unspecified atom stereocenters. The summed E-state index contributed by atoms with van der Waals surface area (Å²) in [7, 11) is 0. The second-order valence-corrected chi connectivity index (χ2v) is 5.42. The van der Waals surface area contributed by atoms with E-state index in [1.54, 1.807) is 18.2 Å². The summed E-state index contributed by atoms with van der Waals surface area (Å²) in [5, 5.41) is 3.01. The van der Waals surface area contributed by atoms with E-state index in [9.17, 15) is 13.6 Å². The summed E-state index contributed by atoms with van der Waals surface area (Å²) < 4.78 is 26.6. The molecular formula is C14H9BrClF2NO. The molecule has 2 nitrogen and oxygen atoms in total. The van der Waals surface area contributed by atoms with Crippen molar-refractivity contribution >= 4 is 39.1 Å². The third-order valence-corrected chi connectivity index (χ3v) is 3.37. The highest BCUT2D eigenvalue weighted by atomic mass is 79.9. The van der Waals surface area contributed by atoms with E-state index >= 15 is 0 Å². The standard InChI is InChI=1S/C14H9BrClF2NO/c15-9-2-3-10(16)13(7-9)19-14(20)6-8-1-4-11(17)12(18)5-8/h1-5,7H,6H2,(H,19,20). The Bertz CT molecular complexity index is 664. The van der Waals surface area contributed by atoms with Gasteiger partial charge in [0.2, 0.25) is 5.91 Å². The van der Waals surface area contributed by atoms with Gasteiger partial charge in [0.05, 0.1) is 17.1 Å². The first-order valence-electron chi connectivity index (χ1n) is 5.64. The maximum absolute atomic E-state index is 13.0. The molecule has 0 heterocycles. The highest BCUT2D eigenvalue weighted by molar-refractivity contribution is 9.10. The molecule has 2 aromatic carbocycles. The topological polar surface area (TPSA) is 29.1 Å². The lowest BCUT2D eigenvalue weighted by molar-refractivity contribution is -0.115. The van der Waals surface area contributed by atoms with Gasteiger partial charge in [0.25, 0.3) is 0 Å². The lowest BCUT2D eigenvalue weighted by atomic mass is 10.1. The van der Waals surface area contributed by atoms with Crippen LogP contribution >= 0.6 is 27.5 Å². The van der Waals surface area contributed by atoms with Crippen molar-refractivity contribution in [3.05, 3.63) is 63.1 Å². The fourth-order valence-corrected chi connectivity index (χ4v) is 2.15. The number of anilines is 1. The lowest BCUT2D eigenvalue weighted by Crippen LogP contribution is -2.14. The molecule has 0 saturated carbocycles. The molecule has 0 aromatic heterocycles. The molecule has 20 heavy (non-hydrogen) atoms. The Labute approximate surface area is 127 Å². The second kappa shape index (κ2) is 6.33. The Morgan fingerprint density at radius 3 is 2.60 bits per heavy atom. The van der Waals surface area contributed by atoms with Crippen LogP contribution in [0.1, 0.15) is 5.56 Å². The van der Waals surface area contributed by atoms with Gasteiger partial charge in [-0.3, -0.25) is 4.79 Å². The first kappa shape index (κ1) is 14.9. The van der Waals surface area contributed by atoms with Gasteiger partial charge in [-0.1, -0.05) is 33.6 Å². The summed E-state index contributed by atoms with van der Waals surface area (Å²) >= 11 is 9.21. The monoisotopic (exact) mass is 359 g/mol. The van der Waals surface area contributed by atoms with Crippen LogP contribution in [0.25, 0.3) is 0 Å². The number of rotatable bonds is 3. The van der Waals surface area contributed by atoms with Gasteiger partial charge in [0.15, 0.2) is 11.6 Å². The zero-order valence-electron chi connectivity index (χ0n) is 10.1. The normalized spacial score (nSPS) is 10.4. The third kappa shape index (κ3) is 3.77. The highest BCUT2D eigenvalue weighted by Crippen LogP contribution is 2.25. The van der Waals surface area contributed by atoms with Crippen molar-refractivity contribution < 1.29 is 13.6 Å². The van der Waals surface area contributed by atoms with Gasteiger partial charge >= 0.3 is 0 Å². The molecule has 0 bridgehead atoms. The van der Waals surface area contributed by atoms with Crippen LogP contribution < -0.4 is 5.32 Å². The maximum atomic E-state index is 13.0. The van der Waals surface area contributed by atoms with Gasteiger partial charge in [-0.25, -0.2) is 8.78 Å². The summed E-state index contributed by atoms with van der Waals surface area (Å²) in [6.45, 7) is 0. The minimum absolute atomic E-state index is 0.0694. The van der Waals surface area contributed by atoms with E-state index in [2.05, 4.69) is 21.2 Å². The Morgan fingerprint density at radius 1 is 1.15 bits per heavy atom. The lowest BCUT2D eigenvalue weighted by Gasteiger charge is -2.08. The minimum Gasteiger partial charge on any atom is -0.324 e. The first-order valence-corrected chi connectivity index (χ1v) is 6.81. The third-order valence-electron chi connectivity index (χ3n) is 2.55. The summed E-state index contributed by atoms with van der Waals surface area (Å²) in [5.41, 5.74) is 0.834. The van der Waals surface area contributed by atoms with E-state index in [0.29, 0.717) is 16.3 Å². The molecule has 0 saturated heterocycles. The van der Waals surface area contributed by atoms with Crippen LogP contribution in [0.3, 0.4) is 0 Å². The van der Waals surface area contributed by atoms with Gasteiger partial charge in [0, 0.05) is 4.47 Å². The Balaban J connectivity index is 2.09. The zero-order chi connectivity index (χ0) is 14.7. The number of amides is 1. The molecule has 0 atom stereocenters. The molecule has 2 aromatic rings. The Morgan fingerprint density at radius 2 is 1.90 bits per heavy atom. The van der Waals surface area contributed by atoms with Gasteiger partial charge in [0.1, 0.15) is 0 Å². The van der Waals surface area contributed by atoms with Gasteiger partial charge in [-0.15, -0.1) is 0 Å². The van der Waals surface area contributed by atoms with Crippen molar-refractivity contribution in [2.45, 2.75) is 6.42 Å². The van der Waals surface area contributed by atoms with Gasteiger partial charge < -0.3 is 5.32 Å². The second-order valence-electron chi connectivity index (χ2n) is 4.10.